The third-order valence-corrected chi connectivity index (χ3v) is 6.20. The molecule has 0 spiro atoms. The average molecular weight is 545 g/mol. The van der Waals surface area contributed by atoms with E-state index in [2.05, 4.69) is 51.3 Å². The summed E-state index contributed by atoms with van der Waals surface area (Å²) in [6.07, 6.45) is 3.86. The summed E-state index contributed by atoms with van der Waals surface area (Å²) in [5, 5.41) is 3.54. The van der Waals surface area contributed by atoms with E-state index >= 15 is 0 Å². The number of nitrogens with one attached hydrogen (secondary N) is 1. The van der Waals surface area contributed by atoms with Gasteiger partial charge in [-0.2, -0.15) is 0 Å². The van der Waals surface area contributed by atoms with Gasteiger partial charge in [0.05, 0.1) is 19.8 Å². The van der Waals surface area contributed by atoms with Crippen LogP contribution in [0, 0.1) is 11.8 Å². The van der Waals surface area contributed by atoms with Crippen LogP contribution in [0.3, 0.4) is 0 Å². The molecule has 31 heavy (non-hydrogen) atoms. The molecule has 1 aromatic carbocycles. The molecule has 3 rings (SSSR count). The molecule has 2 unspecified atom stereocenters. The summed E-state index contributed by atoms with van der Waals surface area (Å²) in [7, 11) is 3.58. The van der Waals surface area contributed by atoms with Gasteiger partial charge in [0.25, 0.3) is 0 Å². The molecule has 0 aromatic heterocycles. The fraction of sp³-hybridized carbons (Fsp3) is 0.708. The van der Waals surface area contributed by atoms with E-state index < -0.39 is 0 Å². The van der Waals surface area contributed by atoms with Crippen LogP contribution in [0.4, 0.5) is 0 Å². The Morgan fingerprint density at radius 2 is 1.87 bits per heavy atom. The molecular formula is C24H41IN4O2. The molecule has 1 aromatic rings. The molecule has 0 aliphatic carbocycles. The third-order valence-electron chi connectivity index (χ3n) is 6.20. The Labute approximate surface area is 205 Å². The van der Waals surface area contributed by atoms with Crippen molar-refractivity contribution in [3.63, 3.8) is 0 Å². The van der Waals surface area contributed by atoms with Gasteiger partial charge in [0.2, 0.25) is 0 Å². The Balaban J connectivity index is 0.00000341. The van der Waals surface area contributed by atoms with Crippen LogP contribution in [0.15, 0.2) is 29.3 Å². The van der Waals surface area contributed by atoms with Crippen molar-refractivity contribution in [2.45, 2.75) is 39.3 Å². The lowest BCUT2D eigenvalue weighted by Crippen LogP contribution is -2.39. The maximum Gasteiger partial charge on any atom is 0.193 e. The van der Waals surface area contributed by atoms with Gasteiger partial charge in [0.1, 0.15) is 0 Å². The van der Waals surface area contributed by atoms with Crippen molar-refractivity contribution < 1.29 is 9.47 Å². The maximum atomic E-state index is 5.70. The van der Waals surface area contributed by atoms with Gasteiger partial charge in [-0.25, -0.2) is 0 Å². The van der Waals surface area contributed by atoms with Crippen LogP contribution >= 0.6 is 24.0 Å². The summed E-state index contributed by atoms with van der Waals surface area (Å²) in [5.41, 5.74) is 2.71. The van der Waals surface area contributed by atoms with Crippen LogP contribution in [-0.4, -0.2) is 75.9 Å². The van der Waals surface area contributed by atoms with E-state index in [1.165, 1.54) is 37.1 Å². The Kier molecular flexibility index (Phi) is 12.1. The molecule has 0 radical (unpaired) electrons. The quantitative estimate of drug-likeness (QED) is 0.223. The second-order valence-corrected chi connectivity index (χ2v) is 8.87. The Bertz CT molecular complexity index is 655. The number of nitrogens with zero attached hydrogens (tertiary/aromatic N) is 3. The smallest absolute Gasteiger partial charge is 0.193 e. The first-order valence-electron chi connectivity index (χ1n) is 11.5. The molecule has 1 N–H and O–H groups in total. The number of likely N-dealkylation sites (tertiary alicyclic amines) is 2. The number of rotatable bonds is 9. The minimum Gasteiger partial charge on any atom is -0.382 e. The van der Waals surface area contributed by atoms with Crippen LogP contribution in [0.25, 0.3) is 0 Å². The minimum absolute atomic E-state index is 0. The second kappa shape index (κ2) is 14.3. The summed E-state index contributed by atoms with van der Waals surface area (Å²) >= 11 is 0. The van der Waals surface area contributed by atoms with E-state index in [0.717, 1.165) is 51.1 Å². The predicted octanol–water partition coefficient (Wildman–Crippen LogP) is 3.60. The molecule has 2 fully saturated rings. The first kappa shape index (κ1) is 26.4. The fourth-order valence-electron chi connectivity index (χ4n) is 4.52. The SMILES string of the molecule is CN=C(NCc1ccc(CN2CCCC(C)C2)cc1)N1CCC(COCCOC)C1.I. The Morgan fingerprint density at radius 3 is 2.58 bits per heavy atom. The Morgan fingerprint density at radius 1 is 1.10 bits per heavy atom. The topological polar surface area (TPSA) is 49.3 Å². The molecule has 2 saturated heterocycles. The molecule has 6 nitrogen and oxygen atoms in total. The monoisotopic (exact) mass is 544 g/mol. The van der Waals surface area contributed by atoms with E-state index in [1.807, 2.05) is 7.05 Å². The molecule has 2 heterocycles. The number of benzene rings is 1. The van der Waals surface area contributed by atoms with E-state index in [9.17, 15) is 0 Å². The van der Waals surface area contributed by atoms with Crippen molar-refractivity contribution in [3.05, 3.63) is 35.4 Å². The zero-order valence-corrected chi connectivity index (χ0v) is 21.8. The number of hydrogen-bond acceptors (Lipinski definition) is 4. The number of aliphatic imine (C=N–C) groups is 1. The number of ether oxygens (including phenoxy) is 2. The lowest BCUT2D eigenvalue weighted by atomic mass is 9.99. The van der Waals surface area contributed by atoms with Gasteiger partial charge in [-0.15, -0.1) is 24.0 Å². The molecule has 176 valence electrons. The lowest BCUT2D eigenvalue weighted by molar-refractivity contribution is 0.0536. The fourth-order valence-corrected chi connectivity index (χ4v) is 4.52. The molecule has 0 amide bonds. The predicted molar refractivity (Wildman–Crippen MR) is 138 cm³/mol. The summed E-state index contributed by atoms with van der Waals surface area (Å²) < 4.78 is 10.7. The van der Waals surface area contributed by atoms with Crippen molar-refractivity contribution in [3.8, 4) is 0 Å². The third kappa shape index (κ3) is 8.86. The van der Waals surface area contributed by atoms with Crippen molar-refractivity contribution >= 4 is 29.9 Å². The highest BCUT2D eigenvalue weighted by Gasteiger charge is 2.25. The van der Waals surface area contributed by atoms with Crippen molar-refractivity contribution in [1.82, 2.24) is 15.1 Å². The number of guanidine groups is 1. The van der Waals surface area contributed by atoms with Crippen LogP contribution in [0.1, 0.15) is 37.3 Å². The summed E-state index contributed by atoms with van der Waals surface area (Å²) in [6, 6.07) is 9.06. The highest BCUT2D eigenvalue weighted by Crippen LogP contribution is 2.19. The van der Waals surface area contributed by atoms with E-state index in [4.69, 9.17) is 9.47 Å². The van der Waals surface area contributed by atoms with Crippen LogP contribution in [0.5, 0.6) is 0 Å². The van der Waals surface area contributed by atoms with Crippen LogP contribution < -0.4 is 5.32 Å². The molecule has 0 saturated carbocycles. The standard InChI is InChI=1S/C24H40N4O2.HI/c1-20-5-4-11-27(16-20)17-22-8-6-21(7-9-22)15-26-24(25-2)28-12-10-23(18-28)19-30-14-13-29-3;/h6-9,20,23H,4-5,10-19H2,1-3H3,(H,25,26);1H. The summed E-state index contributed by atoms with van der Waals surface area (Å²) in [4.78, 5) is 9.43. The van der Waals surface area contributed by atoms with Gasteiger partial charge in [0, 0.05) is 52.8 Å². The number of methoxy groups -OCH3 is 1. The lowest BCUT2D eigenvalue weighted by Gasteiger charge is -2.30. The zero-order valence-electron chi connectivity index (χ0n) is 19.5. The van der Waals surface area contributed by atoms with E-state index in [0.29, 0.717) is 19.1 Å². The molecule has 7 heteroatoms. The summed E-state index contributed by atoms with van der Waals surface area (Å²) in [6.45, 7) is 10.9. The largest absolute Gasteiger partial charge is 0.382 e. The van der Waals surface area contributed by atoms with Crippen LogP contribution in [0.2, 0.25) is 0 Å². The van der Waals surface area contributed by atoms with Gasteiger partial charge in [-0.3, -0.25) is 9.89 Å². The molecule has 0 bridgehead atoms. The minimum atomic E-state index is 0. The Hall–Kier alpha value is -0.900. The number of piperidine rings is 1. The molecular weight excluding hydrogens is 503 g/mol. The molecule has 2 atom stereocenters. The van der Waals surface area contributed by atoms with Gasteiger partial charge < -0.3 is 19.7 Å². The van der Waals surface area contributed by atoms with E-state index in [1.54, 1.807) is 7.11 Å². The van der Waals surface area contributed by atoms with Crippen molar-refractivity contribution in [2.24, 2.45) is 16.8 Å². The summed E-state index contributed by atoms with van der Waals surface area (Å²) in [5.74, 6) is 2.38. The average Bonchev–Trinajstić information content (AvgIpc) is 3.22. The maximum absolute atomic E-state index is 5.70. The van der Waals surface area contributed by atoms with Gasteiger partial charge in [-0.1, -0.05) is 31.2 Å². The normalized spacial score (nSPS) is 22.4. The first-order chi connectivity index (χ1) is 14.7. The van der Waals surface area contributed by atoms with Crippen molar-refractivity contribution in [1.29, 1.82) is 0 Å². The first-order valence-corrected chi connectivity index (χ1v) is 11.5. The van der Waals surface area contributed by atoms with Gasteiger partial charge in [-0.05, 0) is 42.9 Å². The zero-order chi connectivity index (χ0) is 21.2. The highest BCUT2D eigenvalue weighted by molar-refractivity contribution is 14.0. The van der Waals surface area contributed by atoms with Gasteiger partial charge in [0.15, 0.2) is 5.96 Å². The van der Waals surface area contributed by atoms with Gasteiger partial charge >= 0.3 is 0 Å². The number of halogens is 1. The van der Waals surface area contributed by atoms with E-state index in [-0.39, 0.29) is 24.0 Å². The van der Waals surface area contributed by atoms with Crippen molar-refractivity contribution in [2.75, 3.05) is 60.2 Å². The second-order valence-electron chi connectivity index (χ2n) is 8.87. The number of hydrogen-bond donors (Lipinski definition) is 1. The van der Waals surface area contributed by atoms with Crippen LogP contribution in [-0.2, 0) is 22.6 Å². The highest BCUT2D eigenvalue weighted by atomic mass is 127. The molecule has 2 aliphatic rings. The molecule has 2 aliphatic heterocycles.